The summed E-state index contributed by atoms with van der Waals surface area (Å²) in [5, 5.41) is 11.9. The van der Waals surface area contributed by atoms with E-state index in [0.717, 1.165) is 22.9 Å². The van der Waals surface area contributed by atoms with Crippen molar-refractivity contribution in [2.75, 3.05) is 0 Å². The fraction of sp³-hybridized carbons (Fsp3) is 0.323. The van der Waals surface area contributed by atoms with Crippen LogP contribution in [0, 0.1) is 17.5 Å². The highest BCUT2D eigenvalue weighted by atomic mass is 19.4. The molecule has 0 aliphatic heterocycles. The highest BCUT2D eigenvalue weighted by Gasteiger charge is 2.39. The number of nitrogens with zero attached hydrogens (tertiary/aromatic N) is 4. The number of hydrogen-bond acceptors (Lipinski definition) is 5. The largest absolute Gasteiger partial charge is 0.435 e. The minimum Gasteiger partial charge on any atom is -0.298 e. The molecule has 12 heteroatoms. The first-order chi connectivity index (χ1) is 20.4. The molecule has 6 nitrogen and oxygen atoms in total. The first-order valence-electron chi connectivity index (χ1n) is 13.7. The molecular weight excluding hydrogens is 574 g/mol. The molecule has 1 aliphatic rings. The van der Waals surface area contributed by atoms with Crippen molar-refractivity contribution in [1.29, 1.82) is 0 Å². The Hall–Kier alpha value is -4.35. The van der Waals surface area contributed by atoms with E-state index in [2.05, 4.69) is 15.3 Å². The van der Waals surface area contributed by atoms with Crippen molar-refractivity contribution in [1.82, 2.24) is 20.0 Å². The smallest absolute Gasteiger partial charge is 0.298 e. The SMILES string of the molecule is CC(=O)c1cc(-c2ccnnc2C(CC(=O)Cn2nc(C(F)(F)F)c3c2CCCC3)Cc2cc(F)cc(F)c2)ccc1F. The first-order valence-corrected chi connectivity index (χ1v) is 13.7. The van der Waals surface area contributed by atoms with E-state index < -0.39 is 53.4 Å². The van der Waals surface area contributed by atoms with Crippen molar-refractivity contribution in [3.05, 3.63) is 99.9 Å². The average molecular weight is 601 g/mol. The number of ketones is 2. The zero-order chi connectivity index (χ0) is 30.9. The van der Waals surface area contributed by atoms with Crippen LogP contribution in [0.4, 0.5) is 26.3 Å². The van der Waals surface area contributed by atoms with Gasteiger partial charge in [0.15, 0.2) is 17.3 Å². The molecule has 2 aromatic heterocycles. The molecule has 1 atom stereocenters. The van der Waals surface area contributed by atoms with Gasteiger partial charge in [0.2, 0.25) is 0 Å². The lowest BCUT2D eigenvalue weighted by molar-refractivity contribution is -0.142. The summed E-state index contributed by atoms with van der Waals surface area (Å²) in [6.07, 6.45) is -1.82. The summed E-state index contributed by atoms with van der Waals surface area (Å²) in [6.45, 7) is 0.777. The van der Waals surface area contributed by atoms with E-state index in [-0.39, 0.29) is 41.6 Å². The Balaban J connectivity index is 1.52. The summed E-state index contributed by atoms with van der Waals surface area (Å²) < 4.78 is 84.6. The molecule has 0 radical (unpaired) electrons. The summed E-state index contributed by atoms with van der Waals surface area (Å²) >= 11 is 0. The predicted octanol–water partition coefficient (Wildman–Crippen LogP) is 6.84. The second-order valence-electron chi connectivity index (χ2n) is 10.6. The van der Waals surface area contributed by atoms with Crippen LogP contribution in [0.15, 0.2) is 48.7 Å². The molecule has 43 heavy (non-hydrogen) atoms. The number of aromatic nitrogens is 4. The van der Waals surface area contributed by atoms with E-state index in [1.807, 2.05) is 0 Å². The van der Waals surface area contributed by atoms with Gasteiger partial charge in [-0.1, -0.05) is 6.07 Å². The average Bonchev–Trinajstić information content (AvgIpc) is 3.31. The third-order valence-corrected chi connectivity index (χ3v) is 7.52. The Morgan fingerprint density at radius 1 is 0.977 bits per heavy atom. The Morgan fingerprint density at radius 3 is 2.40 bits per heavy atom. The number of rotatable bonds is 9. The summed E-state index contributed by atoms with van der Waals surface area (Å²) in [5.41, 5.74) is 0.579. The summed E-state index contributed by atoms with van der Waals surface area (Å²) in [6, 6.07) is 8.38. The Kier molecular flexibility index (Phi) is 8.48. The maximum atomic E-state index is 14.3. The van der Waals surface area contributed by atoms with Crippen molar-refractivity contribution in [3.8, 4) is 11.1 Å². The lowest BCUT2D eigenvalue weighted by Crippen LogP contribution is -2.20. The molecular formula is C31H26F6N4O2. The second-order valence-corrected chi connectivity index (χ2v) is 10.6. The molecule has 0 bridgehead atoms. The van der Waals surface area contributed by atoms with E-state index in [1.165, 1.54) is 25.3 Å². The van der Waals surface area contributed by atoms with Gasteiger partial charge in [-0.3, -0.25) is 14.3 Å². The molecule has 1 aliphatic carbocycles. The van der Waals surface area contributed by atoms with Crippen LogP contribution in [0.5, 0.6) is 0 Å². The van der Waals surface area contributed by atoms with E-state index in [1.54, 1.807) is 6.07 Å². The fourth-order valence-corrected chi connectivity index (χ4v) is 5.67. The molecule has 2 heterocycles. The van der Waals surface area contributed by atoms with Crippen molar-refractivity contribution < 1.29 is 35.9 Å². The molecule has 224 valence electrons. The number of alkyl halides is 3. The molecule has 0 amide bonds. The number of halogens is 6. The van der Waals surface area contributed by atoms with E-state index >= 15 is 0 Å². The highest BCUT2D eigenvalue weighted by Crippen LogP contribution is 2.37. The van der Waals surface area contributed by atoms with Crippen molar-refractivity contribution in [2.45, 2.75) is 64.1 Å². The van der Waals surface area contributed by atoms with Gasteiger partial charge in [0, 0.05) is 35.2 Å². The lowest BCUT2D eigenvalue weighted by Gasteiger charge is -2.20. The van der Waals surface area contributed by atoms with Crippen LogP contribution in [0.2, 0.25) is 0 Å². The zero-order valence-electron chi connectivity index (χ0n) is 23.0. The topological polar surface area (TPSA) is 77.7 Å². The first kappa shape index (κ1) is 30.1. The molecule has 4 aromatic rings. The van der Waals surface area contributed by atoms with Gasteiger partial charge in [-0.15, -0.1) is 0 Å². The maximum absolute atomic E-state index is 14.3. The fourth-order valence-electron chi connectivity index (χ4n) is 5.67. The van der Waals surface area contributed by atoms with Crippen LogP contribution in [-0.2, 0) is 36.8 Å². The van der Waals surface area contributed by atoms with Gasteiger partial charge in [-0.2, -0.15) is 28.5 Å². The Labute approximate surface area is 242 Å². The molecule has 5 rings (SSSR count). The van der Waals surface area contributed by atoms with Crippen LogP contribution in [0.25, 0.3) is 11.1 Å². The number of benzene rings is 2. The molecule has 0 fully saturated rings. The molecule has 0 saturated heterocycles. The lowest BCUT2D eigenvalue weighted by atomic mass is 9.86. The molecule has 0 spiro atoms. The Morgan fingerprint density at radius 2 is 1.70 bits per heavy atom. The quantitative estimate of drug-likeness (QED) is 0.155. The van der Waals surface area contributed by atoms with Crippen LogP contribution >= 0.6 is 0 Å². The zero-order valence-corrected chi connectivity index (χ0v) is 23.0. The van der Waals surface area contributed by atoms with Gasteiger partial charge in [0.25, 0.3) is 0 Å². The molecule has 2 aromatic carbocycles. The van der Waals surface area contributed by atoms with Crippen LogP contribution < -0.4 is 0 Å². The number of Topliss-reactive ketones (excluding diaryl/α,β-unsaturated/α-hetero) is 2. The van der Waals surface area contributed by atoms with Gasteiger partial charge < -0.3 is 0 Å². The number of carbonyl (C=O) groups is 2. The summed E-state index contributed by atoms with van der Waals surface area (Å²) in [7, 11) is 0. The standard InChI is InChI=1S/C31H26F6N4O2/c1-17(42)26-14-19(6-7-27(26)34)24-8-9-38-39-29(24)20(10-18-11-21(32)15-22(33)12-18)13-23(43)16-41-28-5-3-2-4-25(28)30(40-41)31(35,36)37/h6-9,11-12,14-15,20H,2-5,10,13,16H2,1H3. The molecule has 0 saturated carbocycles. The van der Waals surface area contributed by atoms with Crippen molar-refractivity contribution in [2.24, 2.45) is 0 Å². The van der Waals surface area contributed by atoms with Crippen LogP contribution in [0.1, 0.15) is 70.7 Å². The van der Waals surface area contributed by atoms with E-state index in [9.17, 15) is 35.9 Å². The van der Waals surface area contributed by atoms with Crippen molar-refractivity contribution in [3.63, 3.8) is 0 Å². The molecule has 0 N–H and O–H groups in total. The third-order valence-electron chi connectivity index (χ3n) is 7.52. The highest BCUT2D eigenvalue weighted by molar-refractivity contribution is 5.95. The van der Waals surface area contributed by atoms with Gasteiger partial charge in [0.05, 0.1) is 24.0 Å². The van der Waals surface area contributed by atoms with Gasteiger partial charge in [-0.25, -0.2) is 13.2 Å². The van der Waals surface area contributed by atoms with E-state index in [0.29, 0.717) is 42.1 Å². The van der Waals surface area contributed by atoms with E-state index in [4.69, 9.17) is 0 Å². The predicted molar refractivity (Wildman–Crippen MR) is 144 cm³/mol. The maximum Gasteiger partial charge on any atom is 0.435 e. The van der Waals surface area contributed by atoms with Gasteiger partial charge >= 0.3 is 6.18 Å². The van der Waals surface area contributed by atoms with Crippen molar-refractivity contribution >= 4 is 11.6 Å². The van der Waals surface area contributed by atoms with Crippen LogP contribution in [0.3, 0.4) is 0 Å². The van der Waals surface area contributed by atoms with Gasteiger partial charge in [-0.05, 0) is 80.5 Å². The normalized spacial score (nSPS) is 13.9. The monoisotopic (exact) mass is 600 g/mol. The number of carbonyl (C=O) groups excluding carboxylic acids is 2. The number of hydrogen-bond donors (Lipinski definition) is 0. The minimum absolute atomic E-state index is 0.0715. The summed E-state index contributed by atoms with van der Waals surface area (Å²) in [5.74, 6) is -4.20. The third kappa shape index (κ3) is 6.68. The molecule has 1 unspecified atom stereocenters. The summed E-state index contributed by atoms with van der Waals surface area (Å²) in [4.78, 5) is 25.5. The van der Waals surface area contributed by atoms with Gasteiger partial charge in [0.1, 0.15) is 17.5 Å². The number of fused-ring (bicyclic) bond motifs is 1. The van der Waals surface area contributed by atoms with Crippen LogP contribution in [-0.4, -0.2) is 31.5 Å². The minimum atomic E-state index is -4.66. The Bertz CT molecular complexity index is 1680. The second kappa shape index (κ2) is 12.1.